The number of hydrogen-bond acceptors (Lipinski definition) is 2. The molecule has 5 heteroatoms. The van der Waals surface area contributed by atoms with Gasteiger partial charge >= 0.3 is 0 Å². The van der Waals surface area contributed by atoms with Gasteiger partial charge in [-0.3, -0.25) is 4.79 Å². The highest BCUT2D eigenvalue weighted by atomic mass is 16.2. The summed E-state index contributed by atoms with van der Waals surface area (Å²) in [6, 6.07) is 8.58. The van der Waals surface area contributed by atoms with Gasteiger partial charge in [-0.25, -0.2) is 4.99 Å². The molecule has 128 valence electrons. The molecule has 0 bridgehead atoms. The molecule has 0 aliphatic heterocycles. The van der Waals surface area contributed by atoms with Crippen LogP contribution in [0.2, 0.25) is 0 Å². The maximum absolute atomic E-state index is 11.7. The van der Waals surface area contributed by atoms with Crippen molar-refractivity contribution in [1.29, 1.82) is 0 Å². The van der Waals surface area contributed by atoms with Crippen LogP contribution >= 0.6 is 0 Å². The molecular formula is C18H30N4O. The number of hydrogen-bond donors (Lipinski definition) is 2. The molecule has 5 nitrogen and oxygen atoms in total. The van der Waals surface area contributed by atoms with E-state index in [9.17, 15) is 4.79 Å². The largest absolute Gasteiger partial charge is 0.356 e. The first kappa shape index (κ1) is 19.0. The monoisotopic (exact) mass is 318 g/mol. The second kappa shape index (κ2) is 9.87. The Morgan fingerprint density at radius 1 is 1.22 bits per heavy atom. The van der Waals surface area contributed by atoms with Crippen molar-refractivity contribution >= 4 is 11.9 Å². The van der Waals surface area contributed by atoms with E-state index in [1.165, 1.54) is 11.1 Å². The van der Waals surface area contributed by atoms with Gasteiger partial charge in [-0.2, -0.15) is 0 Å². The fourth-order valence-corrected chi connectivity index (χ4v) is 1.97. The molecule has 1 unspecified atom stereocenters. The average molecular weight is 318 g/mol. The molecule has 1 aromatic carbocycles. The number of guanidine groups is 1. The molecule has 0 radical (unpaired) electrons. The average Bonchev–Trinajstić information content (AvgIpc) is 2.54. The standard InChI is InChI=1S/C18H30N4O/c1-6-11-19-18(21-13-17(23)22(4)5)20-12-15(3)16-9-7-14(2)8-10-16/h7-10,15H,6,11-13H2,1-5H3,(H2,19,20,21). The van der Waals surface area contributed by atoms with Crippen LogP contribution in [0.15, 0.2) is 29.3 Å². The number of rotatable bonds is 7. The zero-order valence-corrected chi connectivity index (χ0v) is 15.0. The molecule has 0 saturated heterocycles. The van der Waals surface area contributed by atoms with E-state index in [0.717, 1.165) is 19.5 Å². The normalized spacial score (nSPS) is 12.7. The highest BCUT2D eigenvalue weighted by Crippen LogP contribution is 2.14. The number of aryl methyl sites for hydroxylation is 1. The third kappa shape index (κ3) is 7.17. The van der Waals surface area contributed by atoms with E-state index in [1.54, 1.807) is 19.0 Å². The summed E-state index contributed by atoms with van der Waals surface area (Å²) in [5.41, 5.74) is 2.56. The van der Waals surface area contributed by atoms with Crippen LogP contribution in [0.5, 0.6) is 0 Å². The lowest BCUT2D eigenvalue weighted by Gasteiger charge is -2.17. The van der Waals surface area contributed by atoms with E-state index in [0.29, 0.717) is 11.9 Å². The zero-order valence-electron chi connectivity index (χ0n) is 15.0. The van der Waals surface area contributed by atoms with Gasteiger partial charge < -0.3 is 15.5 Å². The Kier molecular flexibility index (Phi) is 8.16. The highest BCUT2D eigenvalue weighted by molar-refractivity contribution is 5.84. The molecule has 0 aliphatic rings. The van der Waals surface area contributed by atoms with Crippen LogP contribution < -0.4 is 10.6 Å². The summed E-state index contributed by atoms with van der Waals surface area (Å²) in [5, 5.41) is 6.58. The van der Waals surface area contributed by atoms with E-state index in [1.807, 2.05) is 0 Å². The quantitative estimate of drug-likeness (QED) is 0.598. The van der Waals surface area contributed by atoms with Crippen molar-refractivity contribution in [2.45, 2.75) is 33.1 Å². The van der Waals surface area contributed by atoms with Crippen LogP contribution in [-0.2, 0) is 4.79 Å². The molecular weight excluding hydrogens is 288 g/mol. The lowest BCUT2D eigenvalue weighted by molar-refractivity contribution is -0.127. The van der Waals surface area contributed by atoms with Crippen LogP contribution in [0, 0.1) is 6.92 Å². The summed E-state index contributed by atoms with van der Waals surface area (Å²) in [6.07, 6.45) is 1.01. The lowest BCUT2D eigenvalue weighted by atomic mass is 10.0. The van der Waals surface area contributed by atoms with Gasteiger partial charge in [0, 0.05) is 27.2 Å². The van der Waals surface area contributed by atoms with E-state index in [4.69, 9.17) is 0 Å². The number of amides is 1. The van der Waals surface area contributed by atoms with Crippen molar-refractivity contribution in [3.63, 3.8) is 0 Å². The number of nitrogens with zero attached hydrogens (tertiary/aromatic N) is 2. The van der Waals surface area contributed by atoms with Gasteiger partial charge in [0.05, 0.1) is 0 Å². The van der Waals surface area contributed by atoms with Gasteiger partial charge in [0.15, 0.2) is 5.96 Å². The number of carbonyl (C=O) groups excluding carboxylic acids is 1. The number of carbonyl (C=O) groups is 1. The minimum absolute atomic E-state index is 0.00539. The second-order valence-corrected chi connectivity index (χ2v) is 6.07. The first-order chi connectivity index (χ1) is 10.9. The van der Waals surface area contributed by atoms with Crippen molar-refractivity contribution in [2.24, 2.45) is 4.99 Å². The summed E-state index contributed by atoms with van der Waals surface area (Å²) >= 11 is 0. The molecule has 0 saturated carbocycles. The van der Waals surface area contributed by atoms with Crippen LogP contribution in [-0.4, -0.2) is 50.5 Å². The highest BCUT2D eigenvalue weighted by Gasteiger charge is 2.08. The molecule has 0 fully saturated rings. The minimum Gasteiger partial charge on any atom is -0.356 e. The molecule has 23 heavy (non-hydrogen) atoms. The van der Waals surface area contributed by atoms with Gasteiger partial charge in [-0.1, -0.05) is 43.7 Å². The van der Waals surface area contributed by atoms with E-state index in [-0.39, 0.29) is 12.5 Å². The van der Waals surface area contributed by atoms with Gasteiger partial charge in [0.2, 0.25) is 5.91 Å². The first-order valence-corrected chi connectivity index (χ1v) is 8.23. The van der Waals surface area contributed by atoms with Gasteiger partial charge in [0.25, 0.3) is 0 Å². The summed E-state index contributed by atoms with van der Waals surface area (Å²) in [7, 11) is 3.48. The lowest BCUT2D eigenvalue weighted by Crippen LogP contribution is -2.40. The zero-order chi connectivity index (χ0) is 17.2. The molecule has 1 rings (SSSR count). The Morgan fingerprint density at radius 3 is 2.43 bits per heavy atom. The van der Waals surface area contributed by atoms with Crippen molar-refractivity contribution < 1.29 is 4.79 Å². The summed E-state index contributed by atoms with van der Waals surface area (Å²) in [6.45, 7) is 8.14. The number of nitrogens with one attached hydrogen (secondary N) is 2. The fourth-order valence-electron chi connectivity index (χ4n) is 1.97. The number of aliphatic imine (C=N–C) groups is 1. The van der Waals surface area contributed by atoms with Gasteiger partial charge in [-0.05, 0) is 24.8 Å². The number of likely N-dealkylation sites (N-methyl/N-ethyl adjacent to an activating group) is 1. The number of benzene rings is 1. The van der Waals surface area contributed by atoms with Crippen LogP contribution in [0.3, 0.4) is 0 Å². The van der Waals surface area contributed by atoms with Gasteiger partial charge in [0.1, 0.15) is 6.54 Å². The first-order valence-electron chi connectivity index (χ1n) is 8.23. The second-order valence-electron chi connectivity index (χ2n) is 6.07. The maximum atomic E-state index is 11.7. The topological polar surface area (TPSA) is 56.7 Å². The smallest absolute Gasteiger partial charge is 0.243 e. The van der Waals surface area contributed by atoms with Crippen LogP contribution in [0.1, 0.15) is 37.3 Å². The van der Waals surface area contributed by atoms with E-state index < -0.39 is 0 Å². The SMILES string of the molecule is CCCNC(=NCC(=O)N(C)C)NCC(C)c1ccc(C)cc1. The molecule has 1 atom stereocenters. The Hall–Kier alpha value is -2.04. The predicted molar refractivity (Wildman–Crippen MR) is 96.9 cm³/mol. The Morgan fingerprint density at radius 2 is 1.87 bits per heavy atom. The van der Waals surface area contributed by atoms with Crippen molar-refractivity contribution in [1.82, 2.24) is 15.5 Å². The molecule has 0 spiro atoms. The minimum atomic E-state index is -0.00539. The third-order valence-corrected chi connectivity index (χ3v) is 3.64. The third-order valence-electron chi connectivity index (χ3n) is 3.64. The molecule has 0 aliphatic carbocycles. The fraction of sp³-hybridized carbons (Fsp3) is 0.556. The summed E-state index contributed by atoms with van der Waals surface area (Å²) in [4.78, 5) is 17.6. The molecule has 1 amide bonds. The predicted octanol–water partition coefficient (Wildman–Crippen LogP) is 2.13. The van der Waals surface area contributed by atoms with Crippen LogP contribution in [0.25, 0.3) is 0 Å². The Bertz CT molecular complexity index is 508. The van der Waals surface area contributed by atoms with Crippen molar-refractivity contribution in [3.05, 3.63) is 35.4 Å². The maximum Gasteiger partial charge on any atom is 0.243 e. The van der Waals surface area contributed by atoms with E-state index >= 15 is 0 Å². The molecule has 1 aromatic rings. The van der Waals surface area contributed by atoms with E-state index in [2.05, 4.69) is 60.7 Å². The van der Waals surface area contributed by atoms with Gasteiger partial charge in [-0.15, -0.1) is 0 Å². The molecule has 0 aromatic heterocycles. The summed E-state index contributed by atoms with van der Waals surface area (Å²) in [5.74, 6) is 1.06. The van der Waals surface area contributed by atoms with Crippen LogP contribution in [0.4, 0.5) is 0 Å². The Balaban J connectivity index is 2.60. The van der Waals surface area contributed by atoms with Crippen molar-refractivity contribution in [2.75, 3.05) is 33.7 Å². The molecule has 2 N–H and O–H groups in total. The van der Waals surface area contributed by atoms with Crippen molar-refractivity contribution in [3.8, 4) is 0 Å². The molecule has 0 heterocycles. The summed E-state index contributed by atoms with van der Waals surface area (Å²) < 4.78 is 0. The Labute approximate surface area is 140 Å².